The van der Waals surface area contributed by atoms with Gasteiger partial charge in [0.15, 0.2) is 5.17 Å². The highest BCUT2D eigenvalue weighted by atomic mass is 32.2. The normalized spacial score (nSPS) is 18.9. The number of rotatable bonds is 2. The van der Waals surface area contributed by atoms with Gasteiger partial charge in [-0.3, -0.25) is 4.79 Å². The Morgan fingerprint density at radius 2 is 1.57 bits per heavy atom. The number of nitrogens with zero attached hydrogens (tertiary/aromatic N) is 3. The van der Waals surface area contributed by atoms with Gasteiger partial charge in [-0.25, -0.2) is 4.39 Å². The van der Waals surface area contributed by atoms with Crippen LogP contribution in [0.25, 0.3) is 6.08 Å². The van der Waals surface area contributed by atoms with Crippen LogP contribution in [-0.4, -0.2) is 42.2 Å². The molecule has 2 aromatic rings. The Kier molecular flexibility index (Phi) is 5.55. The van der Waals surface area contributed by atoms with Crippen molar-refractivity contribution in [2.24, 2.45) is 4.99 Å². The fraction of sp³-hybridized carbons (Fsp3) is 0.238. The molecule has 0 aliphatic carbocycles. The molecule has 0 bridgehead atoms. The monoisotopic (exact) mass is 435 g/mol. The van der Waals surface area contributed by atoms with E-state index in [1.54, 1.807) is 24.3 Å². The van der Waals surface area contributed by atoms with Gasteiger partial charge in [0.1, 0.15) is 5.82 Å². The summed E-state index contributed by atoms with van der Waals surface area (Å²) in [6.45, 7) is 2.35. The van der Waals surface area contributed by atoms with Crippen molar-refractivity contribution in [3.8, 4) is 0 Å². The molecule has 0 unspecified atom stereocenters. The molecule has 2 heterocycles. The van der Waals surface area contributed by atoms with Gasteiger partial charge in [-0.1, -0.05) is 24.3 Å². The average Bonchev–Trinajstić information content (AvgIpc) is 3.09. The second kappa shape index (κ2) is 8.14. The van der Waals surface area contributed by atoms with Gasteiger partial charge in [0, 0.05) is 26.2 Å². The standard InChI is InChI=1S/C21H17F4N3OS/c22-16-3-1-2-4-17(16)27-9-11-28(12-10-27)20-26-19(29)18(30-20)13-14-5-7-15(8-6-14)21(23,24)25/h1-8,13H,9-12H2/b18-13-. The Morgan fingerprint density at radius 3 is 2.20 bits per heavy atom. The van der Waals surface area contributed by atoms with Crippen LogP contribution in [0.5, 0.6) is 0 Å². The lowest BCUT2D eigenvalue weighted by atomic mass is 10.1. The summed E-state index contributed by atoms with van der Waals surface area (Å²) in [5, 5.41) is 0.561. The summed E-state index contributed by atoms with van der Waals surface area (Å²) in [4.78, 5) is 20.6. The molecule has 2 aromatic carbocycles. The number of amidine groups is 1. The van der Waals surface area contributed by atoms with Crippen molar-refractivity contribution in [3.05, 3.63) is 70.4 Å². The lowest BCUT2D eigenvalue weighted by Crippen LogP contribution is -2.48. The predicted molar refractivity (Wildman–Crippen MR) is 110 cm³/mol. The van der Waals surface area contributed by atoms with Gasteiger partial charge >= 0.3 is 6.18 Å². The zero-order valence-corrected chi connectivity index (χ0v) is 16.5. The molecule has 4 nitrogen and oxygen atoms in total. The van der Waals surface area contributed by atoms with E-state index in [-0.39, 0.29) is 5.82 Å². The minimum atomic E-state index is -4.40. The summed E-state index contributed by atoms with van der Waals surface area (Å²) in [6.07, 6.45) is -2.86. The van der Waals surface area contributed by atoms with E-state index >= 15 is 0 Å². The van der Waals surface area contributed by atoms with Gasteiger partial charge in [-0.15, -0.1) is 0 Å². The van der Waals surface area contributed by atoms with Crippen molar-refractivity contribution in [3.63, 3.8) is 0 Å². The average molecular weight is 435 g/mol. The topological polar surface area (TPSA) is 35.9 Å². The van der Waals surface area contributed by atoms with Crippen LogP contribution < -0.4 is 4.90 Å². The molecule has 4 rings (SSSR count). The number of hydrogen-bond acceptors (Lipinski definition) is 4. The molecule has 0 saturated carbocycles. The largest absolute Gasteiger partial charge is 0.416 e. The third-order valence-electron chi connectivity index (χ3n) is 4.89. The number of hydrogen-bond donors (Lipinski definition) is 0. The highest BCUT2D eigenvalue weighted by Gasteiger charge is 2.31. The lowest BCUT2D eigenvalue weighted by Gasteiger charge is -2.36. The van der Waals surface area contributed by atoms with Crippen LogP contribution in [0.15, 0.2) is 58.4 Å². The van der Waals surface area contributed by atoms with E-state index in [0.29, 0.717) is 47.5 Å². The van der Waals surface area contributed by atoms with E-state index in [0.717, 1.165) is 12.1 Å². The lowest BCUT2D eigenvalue weighted by molar-refractivity contribution is -0.137. The number of anilines is 1. The summed E-state index contributed by atoms with van der Waals surface area (Å²) in [5.41, 5.74) is 0.316. The third kappa shape index (κ3) is 4.35. The molecule has 1 fully saturated rings. The minimum Gasteiger partial charge on any atom is -0.366 e. The fourth-order valence-corrected chi connectivity index (χ4v) is 4.26. The van der Waals surface area contributed by atoms with Crippen molar-refractivity contribution in [2.45, 2.75) is 6.18 Å². The van der Waals surface area contributed by atoms with E-state index in [2.05, 4.69) is 4.99 Å². The number of thioether (sulfide) groups is 1. The second-order valence-electron chi connectivity index (χ2n) is 6.86. The quantitative estimate of drug-likeness (QED) is 0.509. The first-order valence-electron chi connectivity index (χ1n) is 9.25. The number of benzene rings is 2. The molecule has 2 aliphatic heterocycles. The molecular weight excluding hydrogens is 418 g/mol. The summed E-state index contributed by atoms with van der Waals surface area (Å²) >= 11 is 1.20. The molecule has 9 heteroatoms. The number of amides is 1. The Hall–Kier alpha value is -2.81. The zero-order chi connectivity index (χ0) is 21.3. The smallest absolute Gasteiger partial charge is 0.366 e. The molecule has 0 atom stereocenters. The van der Waals surface area contributed by atoms with E-state index < -0.39 is 17.6 Å². The van der Waals surface area contributed by atoms with E-state index in [1.165, 1.54) is 30.0 Å². The van der Waals surface area contributed by atoms with Crippen LogP contribution in [0.1, 0.15) is 11.1 Å². The maximum Gasteiger partial charge on any atom is 0.416 e. The zero-order valence-electron chi connectivity index (χ0n) is 15.7. The third-order valence-corrected chi connectivity index (χ3v) is 5.93. The molecule has 156 valence electrons. The number of alkyl halides is 3. The second-order valence-corrected chi connectivity index (χ2v) is 7.86. The molecule has 0 spiro atoms. The van der Waals surface area contributed by atoms with Gasteiger partial charge in [0.2, 0.25) is 0 Å². The Morgan fingerprint density at radius 1 is 0.933 bits per heavy atom. The number of carbonyl (C=O) groups excluding carboxylic acids is 1. The van der Waals surface area contributed by atoms with Crippen LogP contribution in [0.4, 0.5) is 23.2 Å². The minimum absolute atomic E-state index is 0.268. The summed E-state index contributed by atoms with van der Waals surface area (Å²) in [7, 11) is 0. The number of carbonyl (C=O) groups is 1. The first-order valence-corrected chi connectivity index (χ1v) is 10.1. The SMILES string of the molecule is O=C1N=C(N2CCN(c3ccccc3F)CC2)S/C1=C\c1ccc(C(F)(F)F)cc1. The molecule has 2 aliphatic rings. The first kappa shape index (κ1) is 20.5. The highest BCUT2D eigenvalue weighted by molar-refractivity contribution is 8.18. The number of aliphatic imine (C=N–C) groups is 1. The predicted octanol–water partition coefficient (Wildman–Crippen LogP) is 4.64. The molecule has 1 saturated heterocycles. The van der Waals surface area contributed by atoms with E-state index in [1.807, 2.05) is 9.80 Å². The van der Waals surface area contributed by atoms with Gasteiger partial charge in [-0.05, 0) is 47.7 Å². The molecular formula is C21H17F4N3OS. The van der Waals surface area contributed by atoms with Crippen LogP contribution in [0, 0.1) is 5.82 Å². The molecule has 0 radical (unpaired) electrons. The van der Waals surface area contributed by atoms with Crippen LogP contribution in [0.2, 0.25) is 0 Å². The first-order chi connectivity index (χ1) is 14.3. The summed E-state index contributed by atoms with van der Waals surface area (Å²) in [6, 6.07) is 11.2. The molecule has 0 N–H and O–H groups in total. The van der Waals surface area contributed by atoms with Gasteiger partial charge in [-0.2, -0.15) is 18.2 Å². The van der Waals surface area contributed by atoms with Crippen molar-refractivity contribution in [1.82, 2.24) is 4.90 Å². The maximum absolute atomic E-state index is 14.0. The molecule has 30 heavy (non-hydrogen) atoms. The number of piperazine rings is 1. The maximum atomic E-state index is 14.0. The van der Waals surface area contributed by atoms with Gasteiger partial charge in [0.25, 0.3) is 5.91 Å². The summed E-state index contributed by atoms with van der Waals surface area (Å²) < 4.78 is 52.0. The van der Waals surface area contributed by atoms with Crippen molar-refractivity contribution in [2.75, 3.05) is 31.1 Å². The Balaban J connectivity index is 1.40. The van der Waals surface area contributed by atoms with Gasteiger partial charge < -0.3 is 9.80 Å². The molecule has 0 aromatic heterocycles. The fourth-order valence-electron chi connectivity index (χ4n) is 3.30. The Bertz CT molecular complexity index is 1010. The van der Waals surface area contributed by atoms with Crippen molar-refractivity contribution < 1.29 is 22.4 Å². The summed E-state index contributed by atoms with van der Waals surface area (Å²) in [5.74, 6) is -0.679. The van der Waals surface area contributed by atoms with Gasteiger partial charge in [0.05, 0.1) is 16.2 Å². The van der Waals surface area contributed by atoms with Crippen molar-refractivity contribution in [1.29, 1.82) is 0 Å². The molecule has 1 amide bonds. The van der Waals surface area contributed by atoms with E-state index in [4.69, 9.17) is 0 Å². The van der Waals surface area contributed by atoms with E-state index in [9.17, 15) is 22.4 Å². The Labute approximate surface area is 174 Å². The van der Waals surface area contributed by atoms with Crippen LogP contribution >= 0.6 is 11.8 Å². The van der Waals surface area contributed by atoms with Crippen LogP contribution in [-0.2, 0) is 11.0 Å². The number of halogens is 4. The number of para-hydroxylation sites is 1. The van der Waals surface area contributed by atoms with Crippen LogP contribution in [0.3, 0.4) is 0 Å². The van der Waals surface area contributed by atoms with Crippen molar-refractivity contribution >= 4 is 34.6 Å². The highest BCUT2D eigenvalue weighted by Crippen LogP contribution is 2.33.